The Balaban J connectivity index is 1.80. The number of nitrogens with one attached hydrogen (secondary N) is 1. The molecule has 2 heteroatoms. The summed E-state index contributed by atoms with van der Waals surface area (Å²) in [4.78, 5) is 0. The van der Waals surface area contributed by atoms with E-state index >= 15 is 0 Å². The van der Waals surface area contributed by atoms with Crippen molar-refractivity contribution in [3.63, 3.8) is 0 Å². The van der Waals surface area contributed by atoms with Gasteiger partial charge in [-0.25, -0.2) is 4.39 Å². The molecule has 1 aromatic rings. The summed E-state index contributed by atoms with van der Waals surface area (Å²) in [5.41, 5.74) is 1.14. The van der Waals surface area contributed by atoms with E-state index in [0.717, 1.165) is 24.6 Å². The molecule has 0 bridgehead atoms. The second-order valence-corrected chi connectivity index (χ2v) is 6.23. The first-order valence-corrected chi connectivity index (χ1v) is 8.25. The van der Waals surface area contributed by atoms with Crippen molar-refractivity contribution in [3.05, 3.63) is 35.6 Å². The van der Waals surface area contributed by atoms with Crippen LogP contribution in [0.2, 0.25) is 0 Å². The number of hydrogen-bond donors (Lipinski definition) is 1. The first kappa shape index (κ1) is 15.5. The Morgan fingerprint density at radius 1 is 1.25 bits per heavy atom. The summed E-state index contributed by atoms with van der Waals surface area (Å²) in [6.45, 7) is 3.34. The van der Waals surface area contributed by atoms with Crippen molar-refractivity contribution in [2.75, 3.05) is 6.54 Å². The highest BCUT2D eigenvalue weighted by molar-refractivity contribution is 5.17. The topological polar surface area (TPSA) is 12.0 Å². The molecule has 20 heavy (non-hydrogen) atoms. The predicted molar refractivity (Wildman–Crippen MR) is 83.4 cm³/mol. The Kier molecular flexibility index (Phi) is 6.52. The van der Waals surface area contributed by atoms with Crippen LogP contribution in [0.15, 0.2) is 24.3 Å². The van der Waals surface area contributed by atoms with Gasteiger partial charge in [0.15, 0.2) is 0 Å². The molecule has 1 fully saturated rings. The number of benzene rings is 1. The van der Waals surface area contributed by atoms with Crippen molar-refractivity contribution in [1.29, 1.82) is 0 Å². The van der Waals surface area contributed by atoms with E-state index in [1.807, 2.05) is 6.07 Å². The van der Waals surface area contributed by atoms with E-state index in [2.05, 4.69) is 18.3 Å². The molecule has 0 aliphatic heterocycles. The number of rotatable bonds is 10. The van der Waals surface area contributed by atoms with E-state index in [4.69, 9.17) is 0 Å². The van der Waals surface area contributed by atoms with Crippen molar-refractivity contribution in [3.8, 4) is 0 Å². The van der Waals surface area contributed by atoms with Crippen LogP contribution in [0, 0.1) is 11.7 Å². The van der Waals surface area contributed by atoms with E-state index < -0.39 is 0 Å². The quantitative estimate of drug-likeness (QED) is 0.611. The molecule has 1 atom stereocenters. The first-order chi connectivity index (χ1) is 9.78. The van der Waals surface area contributed by atoms with Gasteiger partial charge in [-0.2, -0.15) is 0 Å². The van der Waals surface area contributed by atoms with Crippen LogP contribution in [0.4, 0.5) is 4.39 Å². The summed E-state index contributed by atoms with van der Waals surface area (Å²) in [7, 11) is 0. The Bertz CT molecular complexity index is 387. The molecule has 1 aromatic carbocycles. The van der Waals surface area contributed by atoms with Gasteiger partial charge in [0.1, 0.15) is 5.82 Å². The zero-order valence-corrected chi connectivity index (χ0v) is 12.7. The predicted octanol–water partition coefficient (Wildman–Crippen LogP) is 4.71. The highest BCUT2D eigenvalue weighted by atomic mass is 19.1. The van der Waals surface area contributed by atoms with Gasteiger partial charge in [0.25, 0.3) is 0 Å². The molecule has 0 spiro atoms. The van der Waals surface area contributed by atoms with Gasteiger partial charge in [-0.05, 0) is 55.8 Å². The lowest BCUT2D eigenvalue weighted by molar-refractivity contribution is 0.419. The molecular formula is C18H28FN. The van der Waals surface area contributed by atoms with Gasteiger partial charge in [0.2, 0.25) is 0 Å². The molecule has 1 aliphatic carbocycles. The number of halogens is 1. The molecule has 0 heterocycles. The minimum atomic E-state index is -0.109. The van der Waals surface area contributed by atoms with Crippen molar-refractivity contribution < 1.29 is 4.39 Å². The molecule has 1 N–H and O–H groups in total. The van der Waals surface area contributed by atoms with Crippen LogP contribution in [0.1, 0.15) is 57.4 Å². The Labute approximate surface area is 123 Å². The van der Waals surface area contributed by atoms with Gasteiger partial charge in [0, 0.05) is 6.04 Å². The van der Waals surface area contributed by atoms with Crippen LogP contribution in [-0.2, 0) is 6.42 Å². The molecular weight excluding hydrogens is 249 g/mol. The standard InChI is InChI=1S/C18H28FN/c1-2-3-4-5-7-16(14-20-18-10-11-18)12-15-8-6-9-17(19)13-15/h6,8-9,13,16,18,20H,2-5,7,10-12,14H2,1H3. The molecule has 2 rings (SSSR count). The summed E-state index contributed by atoms with van der Waals surface area (Å²) in [5.74, 6) is 0.539. The Hall–Kier alpha value is -0.890. The fourth-order valence-corrected chi connectivity index (χ4v) is 2.75. The third kappa shape index (κ3) is 6.04. The molecule has 1 unspecified atom stereocenters. The van der Waals surface area contributed by atoms with Crippen LogP contribution >= 0.6 is 0 Å². The zero-order valence-electron chi connectivity index (χ0n) is 12.7. The maximum Gasteiger partial charge on any atom is 0.123 e. The lowest BCUT2D eigenvalue weighted by Gasteiger charge is -2.18. The van der Waals surface area contributed by atoms with Gasteiger partial charge < -0.3 is 5.32 Å². The normalized spacial score (nSPS) is 16.3. The van der Waals surface area contributed by atoms with E-state index in [-0.39, 0.29) is 5.82 Å². The summed E-state index contributed by atoms with van der Waals surface area (Å²) in [5, 5.41) is 3.64. The zero-order chi connectivity index (χ0) is 14.2. The fourth-order valence-electron chi connectivity index (χ4n) is 2.75. The van der Waals surface area contributed by atoms with Crippen LogP contribution in [0.25, 0.3) is 0 Å². The van der Waals surface area contributed by atoms with Crippen LogP contribution < -0.4 is 5.32 Å². The van der Waals surface area contributed by atoms with Crippen molar-refractivity contribution in [2.45, 2.75) is 64.3 Å². The summed E-state index contributed by atoms with van der Waals surface area (Å²) >= 11 is 0. The van der Waals surface area contributed by atoms with Crippen LogP contribution in [0.3, 0.4) is 0 Å². The van der Waals surface area contributed by atoms with Crippen molar-refractivity contribution in [1.82, 2.24) is 5.32 Å². The Morgan fingerprint density at radius 2 is 2.10 bits per heavy atom. The minimum absolute atomic E-state index is 0.109. The lowest BCUT2D eigenvalue weighted by atomic mass is 9.93. The van der Waals surface area contributed by atoms with E-state index in [9.17, 15) is 4.39 Å². The largest absolute Gasteiger partial charge is 0.314 e. The summed E-state index contributed by atoms with van der Waals surface area (Å²) in [6, 6.07) is 7.87. The third-order valence-corrected chi connectivity index (χ3v) is 4.15. The molecule has 0 aromatic heterocycles. The lowest BCUT2D eigenvalue weighted by Crippen LogP contribution is -2.26. The third-order valence-electron chi connectivity index (χ3n) is 4.15. The molecule has 1 saturated carbocycles. The van der Waals surface area contributed by atoms with Crippen LogP contribution in [-0.4, -0.2) is 12.6 Å². The highest BCUT2D eigenvalue weighted by Crippen LogP contribution is 2.21. The minimum Gasteiger partial charge on any atom is -0.314 e. The van der Waals surface area contributed by atoms with Gasteiger partial charge >= 0.3 is 0 Å². The van der Waals surface area contributed by atoms with Gasteiger partial charge in [-0.1, -0.05) is 44.7 Å². The average molecular weight is 277 g/mol. The molecule has 112 valence electrons. The van der Waals surface area contributed by atoms with Crippen molar-refractivity contribution in [2.24, 2.45) is 5.92 Å². The maximum atomic E-state index is 13.3. The molecule has 0 amide bonds. The monoisotopic (exact) mass is 277 g/mol. The molecule has 1 nitrogen and oxygen atoms in total. The second kappa shape index (κ2) is 8.41. The number of hydrogen-bond acceptors (Lipinski definition) is 1. The van der Waals surface area contributed by atoms with E-state index in [1.54, 1.807) is 6.07 Å². The first-order valence-electron chi connectivity index (χ1n) is 8.25. The summed E-state index contributed by atoms with van der Waals surface area (Å²) < 4.78 is 13.3. The van der Waals surface area contributed by atoms with E-state index in [1.165, 1.54) is 51.0 Å². The van der Waals surface area contributed by atoms with Gasteiger partial charge in [0.05, 0.1) is 0 Å². The summed E-state index contributed by atoms with van der Waals surface area (Å²) in [6.07, 6.45) is 10.2. The van der Waals surface area contributed by atoms with E-state index in [0.29, 0.717) is 5.92 Å². The SMILES string of the molecule is CCCCCCC(CNC1CC1)Cc1cccc(F)c1. The molecule has 1 aliphatic rings. The highest BCUT2D eigenvalue weighted by Gasteiger charge is 2.21. The second-order valence-electron chi connectivity index (χ2n) is 6.23. The average Bonchev–Trinajstić information content (AvgIpc) is 3.25. The molecule has 0 saturated heterocycles. The Morgan fingerprint density at radius 3 is 2.80 bits per heavy atom. The number of unbranched alkanes of at least 4 members (excludes halogenated alkanes) is 3. The molecule has 0 radical (unpaired) electrons. The van der Waals surface area contributed by atoms with Crippen molar-refractivity contribution >= 4 is 0 Å². The van der Waals surface area contributed by atoms with Gasteiger partial charge in [-0.15, -0.1) is 0 Å². The van der Waals surface area contributed by atoms with Gasteiger partial charge in [-0.3, -0.25) is 0 Å². The smallest absolute Gasteiger partial charge is 0.123 e. The fraction of sp³-hybridized carbons (Fsp3) is 0.667. The maximum absolute atomic E-state index is 13.3. The van der Waals surface area contributed by atoms with Crippen LogP contribution in [0.5, 0.6) is 0 Å².